The highest BCUT2D eigenvalue weighted by molar-refractivity contribution is 6.04. The molecular formula is C30H31N5O3. The highest BCUT2D eigenvalue weighted by Crippen LogP contribution is 2.23. The molecule has 4 aromatic rings. The van der Waals surface area contributed by atoms with Gasteiger partial charge < -0.3 is 15.2 Å². The van der Waals surface area contributed by atoms with Crippen molar-refractivity contribution in [3.05, 3.63) is 101 Å². The smallest absolute Gasteiger partial charge is 0.253 e. The monoisotopic (exact) mass is 509 g/mol. The number of carbonyl (C=O) groups excluding carboxylic acids is 2. The number of hydrogen-bond acceptors (Lipinski definition) is 6. The Morgan fingerprint density at radius 2 is 1.76 bits per heavy atom. The summed E-state index contributed by atoms with van der Waals surface area (Å²) >= 11 is 0. The van der Waals surface area contributed by atoms with E-state index >= 15 is 0 Å². The van der Waals surface area contributed by atoms with Crippen molar-refractivity contribution < 1.29 is 14.1 Å². The molecule has 8 heteroatoms. The normalized spacial score (nSPS) is 15.7. The molecule has 0 aliphatic carbocycles. The topological polar surface area (TPSA) is 100 Å². The van der Waals surface area contributed by atoms with Gasteiger partial charge in [-0.1, -0.05) is 77.5 Å². The van der Waals surface area contributed by atoms with Crippen molar-refractivity contribution in [2.75, 3.05) is 18.4 Å². The average molecular weight is 510 g/mol. The second-order valence-corrected chi connectivity index (χ2v) is 9.66. The van der Waals surface area contributed by atoms with Crippen LogP contribution in [0.5, 0.6) is 0 Å². The molecule has 1 fully saturated rings. The second-order valence-electron chi connectivity index (χ2n) is 9.66. The fourth-order valence-corrected chi connectivity index (χ4v) is 4.64. The van der Waals surface area contributed by atoms with Gasteiger partial charge in [0.15, 0.2) is 0 Å². The first-order chi connectivity index (χ1) is 18.5. The van der Waals surface area contributed by atoms with Crippen molar-refractivity contribution in [2.24, 2.45) is 5.92 Å². The van der Waals surface area contributed by atoms with Gasteiger partial charge in [-0.3, -0.25) is 14.5 Å². The number of carbonyl (C=O) groups is 2. The summed E-state index contributed by atoms with van der Waals surface area (Å²) in [5.74, 6) is 0.568. The molecule has 8 nitrogen and oxygen atoms in total. The zero-order chi connectivity index (χ0) is 26.3. The minimum absolute atomic E-state index is 0.0936. The van der Waals surface area contributed by atoms with E-state index in [1.54, 1.807) is 18.2 Å². The van der Waals surface area contributed by atoms with Gasteiger partial charge in [0.2, 0.25) is 17.6 Å². The lowest BCUT2D eigenvalue weighted by molar-refractivity contribution is -0.121. The van der Waals surface area contributed by atoms with Crippen molar-refractivity contribution in [2.45, 2.75) is 32.9 Å². The van der Waals surface area contributed by atoms with Crippen LogP contribution in [-0.4, -0.2) is 39.9 Å². The van der Waals surface area contributed by atoms with E-state index in [1.165, 1.54) is 5.56 Å². The van der Waals surface area contributed by atoms with Crippen LogP contribution in [-0.2, 0) is 17.9 Å². The van der Waals surface area contributed by atoms with Gasteiger partial charge in [0.25, 0.3) is 5.91 Å². The van der Waals surface area contributed by atoms with Gasteiger partial charge in [0, 0.05) is 18.7 Å². The summed E-state index contributed by atoms with van der Waals surface area (Å²) in [4.78, 5) is 32.8. The van der Waals surface area contributed by atoms with Crippen molar-refractivity contribution in [3.63, 3.8) is 0 Å². The number of para-hydroxylation sites is 1. The van der Waals surface area contributed by atoms with Gasteiger partial charge in [0.05, 0.1) is 23.7 Å². The fraction of sp³-hybridized carbons (Fsp3) is 0.267. The van der Waals surface area contributed by atoms with E-state index in [0.717, 1.165) is 30.5 Å². The molecule has 2 heterocycles. The molecule has 0 radical (unpaired) electrons. The van der Waals surface area contributed by atoms with E-state index in [4.69, 9.17) is 4.52 Å². The second kappa shape index (κ2) is 11.8. The SMILES string of the molecule is Cc1ccc(-c2noc(CN3CCCC(C(=O)Nc4ccccc4C(=O)NCc4ccccc4)C3)n2)cc1. The maximum absolute atomic E-state index is 13.2. The molecule has 3 aromatic carbocycles. The van der Waals surface area contributed by atoms with Crippen LogP contribution in [0.3, 0.4) is 0 Å². The maximum atomic E-state index is 13.2. The van der Waals surface area contributed by atoms with Crippen LogP contribution >= 0.6 is 0 Å². The van der Waals surface area contributed by atoms with Crippen LogP contribution < -0.4 is 10.6 Å². The van der Waals surface area contributed by atoms with Gasteiger partial charge in [-0.25, -0.2) is 0 Å². The number of nitrogens with zero attached hydrogens (tertiary/aromatic N) is 3. The number of aromatic nitrogens is 2. The Morgan fingerprint density at radius 1 is 1.00 bits per heavy atom. The average Bonchev–Trinajstić information content (AvgIpc) is 3.41. The van der Waals surface area contributed by atoms with Crippen molar-refractivity contribution in [3.8, 4) is 11.4 Å². The van der Waals surface area contributed by atoms with Crippen molar-refractivity contribution in [1.29, 1.82) is 0 Å². The zero-order valence-corrected chi connectivity index (χ0v) is 21.4. The molecular weight excluding hydrogens is 478 g/mol. The Labute approximate surface area is 222 Å². The van der Waals surface area contributed by atoms with Crippen LogP contribution in [0.4, 0.5) is 5.69 Å². The quantitative estimate of drug-likeness (QED) is 0.353. The minimum atomic E-state index is -0.226. The van der Waals surface area contributed by atoms with E-state index in [-0.39, 0.29) is 17.7 Å². The largest absolute Gasteiger partial charge is 0.348 e. The number of hydrogen-bond donors (Lipinski definition) is 2. The molecule has 2 amide bonds. The third kappa shape index (κ3) is 6.33. The Morgan fingerprint density at radius 3 is 2.58 bits per heavy atom. The predicted molar refractivity (Wildman–Crippen MR) is 145 cm³/mol. The number of aryl methyl sites for hydroxylation is 1. The summed E-state index contributed by atoms with van der Waals surface area (Å²) in [6.07, 6.45) is 1.67. The van der Waals surface area contributed by atoms with E-state index in [9.17, 15) is 9.59 Å². The Bertz CT molecular complexity index is 1380. The number of anilines is 1. The van der Waals surface area contributed by atoms with Gasteiger partial charge in [-0.2, -0.15) is 4.98 Å². The molecule has 0 bridgehead atoms. The van der Waals surface area contributed by atoms with E-state index < -0.39 is 0 Å². The van der Waals surface area contributed by atoms with E-state index in [2.05, 4.69) is 25.7 Å². The lowest BCUT2D eigenvalue weighted by Gasteiger charge is -2.31. The Balaban J connectivity index is 1.18. The van der Waals surface area contributed by atoms with Gasteiger partial charge >= 0.3 is 0 Å². The lowest BCUT2D eigenvalue weighted by atomic mass is 9.96. The number of rotatable bonds is 8. The first-order valence-electron chi connectivity index (χ1n) is 12.9. The molecule has 2 N–H and O–H groups in total. The van der Waals surface area contributed by atoms with Gasteiger partial charge in [-0.05, 0) is 44.0 Å². The van der Waals surface area contributed by atoms with Crippen LogP contribution in [0, 0.1) is 12.8 Å². The molecule has 5 rings (SSSR count). The van der Waals surface area contributed by atoms with Gasteiger partial charge in [-0.15, -0.1) is 0 Å². The number of likely N-dealkylation sites (tertiary alicyclic amines) is 1. The van der Waals surface area contributed by atoms with Crippen LogP contribution in [0.1, 0.15) is 40.2 Å². The molecule has 38 heavy (non-hydrogen) atoms. The Hall–Kier alpha value is -4.30. The summed E-state index contributed by atoms with van der Waals surface area (Å²) in [6.45, 7) is 4.37. The maximum Gasteiger partial charge on any atom is 0.253 e. The number of benzene rings is 3. The highest BCUT2D eigenvalue weighted by atomic mass is 16.5. The van der Waals surface area contributed by atoms with Crippen LogP contribution in [0.2, 0.25) is 0 Å². The minimum Gasteiger partial charge on any atom is -0.348 e. The van der Waals surface area contributed by atoms with E-state index in [1.807, 2.05) is 67.6 Å². The van der Waals surface area contributed by atoms with Crippen LogP contribution in [0.15, 0.2) is 83.4 Å². The first-order valence-corrected chi connectivity index (χ1v) is 12.9. The van der Waals surface area contributed by atoms with E-state index in [0.29, 0.717) is 42.6 Å². The molecule has 194 valence electrons. The predicted octanol–water partition coefficient (Wildman–Crippen LogP) is 4.83. The number of nitrogens with one attached hydrogen (secondary N) is 2. The molecule has 1 aliphatic heterocycles. The van der Waals surface area contributed by atoms with Crippen molar-refractivity contribution >= 4 is 17.5 Å². The standard InChI is InChI=1S/C30H31N5O3/c1-21-13-15-23(16-14-21)28-33-27(38-34-28)20-35-17-7-10-24(19-35)29(36)32-26-12-6-5-11-25(26)30(37)31-18-22-8-3-2-4-9-22/h2-6,8-9,11-16,24H,7,10,17-20H2,1H3,(H,31,37)(H,32,36). The lowest BCUT2D eigenvalue weighted by Crippen LogP contribution is -2.40. The summed E-state index contributed by atoms with van der Waals surface area (Å²) in [7, 11) is 0. The molecule has 1 saturated heterocycles. The summed E-state index contributed by atoms with van der Waals surface area (Å²) < 4.78 is 5.49. The molecule has 1 aliphatic rings. The number of piperidine rings is 1. The summed E-state index contributed by atoms with van der Waals surface area (Å²) in [5.41, 5.74) is 4.05. The molecule has 1 unspecified atom stereocenters. The Kier molecular flexibility index (Phi) is 7.89. The third-order valence-corrected chi connectivity index (χ3v) is 6.74. The fourth-order valence-electron chi connectivity index (χ4n) is 4.64. The first kappa shape index (κ1) is 25.4. The molecule has 0 spiro atoms. The zero-order valence-electron chi connectivity index (χ0n) is 21.4. The number of amides is 2. The molecule has 0 saturated carbocycles. The van der Waals surface area contributed by atoms with Gasteiger partial charge in [0.1, 0.15) is 0 Å². The van der Waals surface area contributed by atoms with Crippen LogP contribution in [0.25, 0.3) is 11.4 Å². The summed E-state index contributed by atoms with van der Waals surface area (Å²) in [6, 6.07) is 24.8. The highest BCUT2D eigenvalue weighted by Gasteiger charge is 2.28. The third-order valence-electron chi connectivity index (χ3n) is 6.74. The summed E-state index contributed by atoms with van der Waals surface area (Å²) in [5, 5.41) is 10.1. The molecule has 1 aromatic heterocycles. The van der Waals surface area contributed by atoms with Crippen molar-refractivity contribution in [1.82, 2.24) is 20.4 Å². The molecule has 1 atom stereocenters.